The quantitative estimate of drug-likeness (QED) is 0.678. The van der Waals surface area contributed by atoms with E-state index in [4.69, 9.17) is 0 Å². The summed E-state index contributed by atoms with van der Waals surface area (Å²) in [4.78, 5) is 18.7. The first kappa shape index (κ1) is 22.8. The molecule has 4 rings (SSSR count). The summed E-state index contributed by atoms with van der Waals surface area (Å²) >= 11 is 1.62. The zero-order chi connectivity index (χ0) is 22.7. The van der Waals surface area contributed by atoms with E-state index in [9.17, 15) is 10.1 Å². The number of rotatable bonds is 6. The number of hydrogen-bond donors (Lipinski definition) is 1. The first-order chi connectivity index (χ1) is 15.4. The lowest BCUT2D eigenvalue weighted by molar-refractivity contribution is -0.117. The summed E-state index contributed by atoms with van der Waals surface area (Å²) in [5.74, 6) is 0.619. The maximum absolute atomic E-state index is 12.8. The lowest BCUT2D eigenvalue weighted by Crippen LogP contribution is -2.48. The molecule has 170 valence electrons. The van der Waals surface area contributed by atoms with E-state index in [-0.39, 0.29) is 5.91 Å². The topological polar surface area (TPSA) is 59.4 Å². The van der Waals surface area contributed by atoms with Crippen LogP contribution in [0.15, 0.2) is 30.3 Å². The number of benzene rings is 1. The van der Waals surface area contributed by atoms with Crippen molar-refractivity contribution in [2.75, 3.05) is 42.9 Å². The standard InChI is InChI=1S/C26H34N4OS/c1-4-26(2,3)19-10-11-21-22(17-27)25(32-23(21)16-19)28-24(31)18-29-12-14-30(15-13-29)20-8-6-5-7-9-20/h5-9,19H,4,10-16,18H2,1-3H3,(H,28,31). The first-order valence-corrected chi connectivity index (χ1v) is 12.6. The third kappa shape index (κ3) is 4.84. The zero-order valence-corrected chi connectivity index (χ0v) is 20.3. The van der Waals surface area contributed by atoms with Gasteiger partial charge >= 0.3 is 0 Å². The number of carbonyl (C=O) groups is 1. The molecule has 0 bridgehead atoms. The number of anilines is 2. The molecule has 1 aliphatic carbocycles. The van der Waals surface area contributed by atoms with E-state index in [0.717, 1.165) is 56.9 Å². The molecule has 2 heterocycles. The van der Waals surface area contributed by atoms with Gasteiger partial charge in [0.25, 0.3) is 0 Å². The first-order valence-electron chi connectivity index (χ1n) is 11.8. The Bertz CT molecular complexity index is 983. The lowest BCUT2D eigenvalue weighted by atomic mass is 9.69. The third-order valence-corrected chi connectivity index (χ3v) is 8.68. The number of carbonyl (C=O) groups excluding carboxylic acids is 1. The minimum Gasteiger partial charge on any atom is -0.369 e. The van der Waals surface area contributed by atoms with Gasteiger partial charge in [-0.25, -0.2) is 0 Å². The molecule has 2 aliphatic rings. The molecule has 1 aliphatic heterocycles. The van der Waals surface area contributed by atoms with E-state index in [1.807, 2.05) is 6.07 Å². The second kappa shape index (κ2) is 9.64. The number of fused-ring (bicyclic) bond motifs is 1. The van der Waals surface area contributed by atoms with Crippen molar-refractivity contribution in [3.63, 3.8) is 0 Å². The number of thiophene rings is 1. The van der Waals surface area contributed by atoms with Gasteiger partial charge in [0.05, 0.1) is 12.1 Å². The number of nitriles is 1. The molecule has 32 heavy (non-hydrogen) atoms. The molecule has 0 saturated carbocycles. The third-order valence-electron chi connectivity index (χ3n) is 7.51. The summed E-state index contributed by atoms with van der Waals surface area (Å²) in [5.41, 5.74) is 3.41. The van der Waals surface area contributed by atoms with Crippen LogP contribution < -0.4 is 10.2 Å². The molecule has 1 aromatic carbocycles. The maximum atomic E-state index is 12.8. The van der Waals surface area contributed by atoms with Gasteiger partial charge in [-0.2, -0.15) is 5.26 Å². The van der Waals surface area contributed by atoms with Gasteiger partial charge in [-0.15, -0.1) is 11.3 Å². The van der Waals surface area contributed by atoms with Crippen molar-refractivity contribution in [2.24, 2.45) is 11.3 Å². The molecule has 1 unspecified atom stereocenters. The highest BCUT2D eigenvalue weighted by atomic mass is 32.1. The van der Waals surface area contributed by atoms with Crippen LogP contribution in [0.25, 0.3) is 0 Å². The summed E-state index contributed by atoms with van der Waals surface area (Å²) in [6, 6.07) is 12.8. The van der Waals surface area contributed by atoms with Crippen molar-refractivity contribution in [1.29, 1.82) is 5.26 Å². The number of nitrogens with zero attached hydrogens (tertiary/aromatic N) is 3. The Morgan fingerprint density at radius 1 is 1.22 bits per heavy atom. The normalized spacial score (nSPS) is 19.3. The minimum absolute atomic E-state index is 0.0151. The van der Waals surface area contributed by atoms with Crippen LogP contribution in [0.3, 0.4) is 0 Å². The summed E-state index contributed by atoms with van der Waals surface area (Å²) in [5, 5.41) is 13.6. The highest BCUT2D eigenvalue weighted by Crippen LogP contribution is 2.45. The summed E-state index contributed by atoms with van der Waals surface area (Å²) in [6.07, 6.45) is 4.25. The van der Waals surface area contributed by atoms with Gasteiger partial charge in [-0.3, -0.25) is 9.69 Å². The van der Waals surface area contributed by atoms with Crippen LogP contribution >= 0.6 is 11.3 Å². The number of nitrogens with one attached hydrogen (secondary N) is 1. The van der Waals surface area contributed by atoms with Crippen LogP contribution in [0.1, 0.15) is 49.6 Å². The second-order valence-electron chi connectivity index (χ2n) is 9.75. The van der Waals surface area contributed by atoms with Crippen LogP contribution in [0.2, 0.25) is 0 Å². The Labute approximate surface area is 196 Å². The average Bonchev–Trinajstić information content (AvgIpc) is 3.16. The van der Waals surface area contributed by atoms with Crippen LogP contribution in [0, 0.1) is 22.7 Å². The van der Waals surface area contributed by atoms with Gasteiger partial charge in [0.15, 0.2) is 0 Å². The minimum atomic E-state index is -0.0151. The lowest BCUT2D eigenvalue weighted by Gasteiger charge is -2.36. The molecule has 1 saturated heterocycles. The molecule has 1 fully saturated rings. The van der Waals surface area contributed by atoms with Gasteiger partial charge in [-0.05, 0) is 48.3 Å². The smallest absolute Gasteiger partial charge is 0.239 e. The summed E-state index contributed by atoms with van der Waals surface area (Å²) in [7, 11) is 0. The fraction of sp³-hybridized carbons (Fsp3) is 0.538. The molecule has 1 aromatic heterocycles. The molecule has 2 aromatic rings. The van der Waals surface area contributed by atoms with Crippen molar-refractivity contribution >= 4 is 27.9 Å². The fourth-order valence-electron chi connectivity index (χ4n) is 4.92. The predicted octanol–water partition coefficient (Wildman–Crippen LogP) is 4.92. The maximum Gasteiger partial charge on any atom is 0.239 e. The van der Waals surface area contributed by atoms with Crippen LogP contribution in [0.4, 0.5) is 10.7 Å². The number of amides is 1. The van der Waals surface area contributed by atoms with Crippen LogP contribution in [0.5, 0.6) is 0 Å². The number of hydrogen-bond acceptors (Lipinski definition) is 5. The molecule has 5 nitrogen and oxygen atoms in total. The average molecular weight is 451 g/mol. The van der Waals surface area contributed by atoms with Crippen molar-refractivity contribution in [1.82, 2.24) is 4.90 Å². The van der Waals surface area contributed by atoms with Gasteiger partial charge < -0.3 is 10.2 Å². The predicted molar refractivity (Wildman–Crippen MR) is 132 cm³/mol. The highest BCUT2D eigenvalue weighted by molar-refractivity contribution is 7.16. The monoisotopic (exact) mass is 450 g/mol. The Morgan fingerprint density at radius 2 is 1.94 bits per heavy atom. The van der Waals surface area contributed by atoms with E-state index < -0.39 is 0 Å². The van der Waals surface area contributed by atoms with Gasteiger partial charge in [0.2, 0.25) is 5.91 Å². The molecule has 1 atom stereocenters. The van der Waals surface area contributed by atoms with Gasteiger partial charge in [0, 0.05) is 36.7 Å². The molecular formula is C26H34N4OS. The molecule has 1 N–H and O–H groups in total. The molecule has 6 heteroatoms. The Balaban J connectivity index is 1.36. The van der Waals surface area contributed by atoms with E-state index >= 15 is 0 Å². The van der Waals surface area contributed by atoms with E-state index in [1.165, 1.54) is 16.1 Å². The SMILES string of the molecule is CCC(C)(C)C1CCc2c(sc(NC(=O)CN3CCN(c4ccccc4)CC3)c2C#N)C1. The summed E-state index contributed by atoms with van der Waals surface area (Å²) < 4.78 is 0. The molecule has 0 spiro atoms. The van der Waals surface area contributed by atoms with E-state index in [1.54, 1.807) is 11.3 Å². The molecule has 0 radical (unpaired) electrons. The number of para-hydroxylation sites is 1. The zero-order valence-electron chi connectivity index (χ0n) is 19.5. The fourth-order valence-corrected chi connectivity index (χ4v) is 6.21. The highest BCUT2D eigenvalue weighted by Gasteiger charge is 2.34. The largest absolute Gasteiger partial charge is 0.369 e. The van der Waals surface area contributed by atoms with Crippen molar-refractivity contribution in [3.8, 4) is 6.07 Å². The van der Waals surface area contributed by atoms with E-state index in [2.05, 4.69) is 66.2 Å². The Hall–Kier alpha value is -2.36. The number of piperazine rings is 1. The molecular weight excluding hydrogens is 416 g/mol. The van der Waals surface area contributed by atoms with E-state index in [0.29, 0.717) is 23.4 Å². The van der Waals surface area contributed by atoms with Crippen molar-refractivity contribution in [3.05, 3.63) is 46.3 Å². The summed E-state index contributed by atoms with van der Waals surface area (Å²) in [6.45, 7) is 10.9. The molecule has 1 amide bonds. The Kier molecular flexibility index (Phi) is 6.88. The van der Waals surface area contributed by atoms with Crippen LogP contribution in [-0.2, 0) is 17.6 Å². The van der Waals surface area contributed by atoms with Crippen molar-refractivity contribution < 1.29 is 4.79 Å². The van der Waals surface area contributed by atoms with Gasteiger partial charge in [0.1, 0.15) is 11.1 Å². The second-order valence-corrected chi connectivity index (χ2v) is 10.9. The van der Waals surface area contributed by atoms with Crippen molar-refractivity contribution in [2.45, 2.75) is 46.5 Å². The van der Waals surface area contributed by atoms with Gasteiger partial charge in [-0.1, -0.05) is 45.4 Å². The Morgan fingerprint density at radius 3 is 2.59 bits per heavy atom. The van der Waals surface area contributed by atoms with Crippen LogP contribution in [-0.4, -0.2) is 43.5 Å².